The first-order valence-corrected chi connectivity index (χ1v) is 11.0. The molecule has 1 aliphatic heterocycles. The van der Waals surface area contributed by atoms with Crippen LogP contribution in [0.25, 0.3) is 0 Å². The summed E-state index contributed by atoms with van der Waals surface area (Å²) in [4.78, 5) is 0. The van der Waals surface area contributed by atoms with Crippen LogP contribution in [-0.4, -0.2) is 39.0 Å². The molecule has 5 nitrogen and oxygen atoms in total. The van der Waals surface area contributed by atoms with E-state index in [1.165, 1.54) is 9.87 Å². The monoisotopic (exact) mass is 438 g/mol. The van der Waals surface area contributed by atoms with Gasteiger partial charge in [0.2, 0.25) is 10.0 Å². The molecule has 2 aromatic rings. The summed E-state index contributed by atoms with van der Waals surface area (Å²) in [5, 5.41) is 3.40. The lowest BCUT2D eigenvalue weighted by Crippen LogP contribution is -2.41. The van der Waals surface area contributed by atoms with Crippen LogP contribution >= 0.6 is 15.9 Å². The number of morpholine rings is 1. The molecule has 0 amide bonds. The Morgan fingerprint density at radius 2 is 1.62 bits per heavy atom. The van der Waals surface area contributed by atoms with Crippen LogP contribution in [0.4, 0.5) is 0 Å². The number of hydrogen-bond acceptors (Lipinski definition) is 4. The number of hydrogen-bond donors (Lipinski definition) is 1. The van der Waals surface area contributed by atoms with Gasteiger partial charge in [0.15, 0.2) is 0 Å². The van der Waals surface area contributed by atoms with Crippen LogP contribution in [0, 0.1) is 0 Å². The van der Waals surface area contributed by atoms with Crippen LogP contribution in [0.5, 0.6) is 0 Å². The van der Waals surface area contributed by atoms with Crippen LogP contribution in [0.2, 0.25) is 0 Å². The number of halogens is 1. The highest BCUT2D eigenvalue weighted by atomic mass is 79.9. The number of benzene rings is 2. The first-order chi connectivity index (χ1) is 12.5. The van der Waals surface area contributed by atoms with E-state index in [1.54, 1.807) is 0 Å². The Bertz CT molecular complexity index is 819. The first-order valence-electron chi connectivity index (χ1n) is 8.62. The summed E-state index contributed by atoms with van der Waals surface area (Å²) in [7, 11) is -3.32. The topological polar surface area (TPSA) is 58.6 Å². The standard InChI is InChI=1S/C19H23BrN2O3S/c20-19-7-5-16(6-8-19)13-21-14-17-3-1-2-4-18(17)15-26(23,24)22-9-11-25-12-10-22/h1-8,21H,9-15H2. The smallest absolute Gasteiger partial charge is 0.218 e. The Morgan fingerprint density at radius 3 is 2.31 bits per heavy atom. The van der Waals surface area contributed by atoms with Gasteiger partial charge in [0, 0.05) is 30.7 Å². The van der Waals surface area contributed by atoms with Gasteiger partial charge in [-0.15, -0.1) is 0 Å². The van der Waals surface area contributed by atoms with Gasteiger partial charge in [-0.2, -0.15) is 4.31 Å². The highest BCUT2D eigenvalue weighted by Crippen LogP contribution is 2.17. The predicted octanol–water partition coefficient (Wildman–Crippen LogP) is 2.90. The van der Waals surface area contributed by atoms with Crippen molar-refractivity contribution < 1.29 is 13.2 Å². The fraction of sp³-hybridized carbons (Fsp3) is 0.368. The molecule has 0 atom stereocenters. The van der Waals surface area contributed by atoms with Gasteiger partial charge in [-0.3, -0.25) is 0 Å². The van der Waals surface area contributed by atoms with Gasteiger partial charge in [-0.05, 0) is 28.8 Å². The Kier molecular flexibility index (Phi) is 6.83. The summed E-state index contributed by atoms with van der Waals surface area (Å²) in [6, 6.07) is 15.9. The molecular weight excluding hydrogens is 416 g/mol. The minimum atomic E-state index is -3.32. The number of rotatable bonds is 7. The Labute approximate surface area is 163 Å². The summed E-state index contributed by atoms with van der Waals surface area (Å²) in [6.45, 7) is 3.17. The molecule has 0 unspecified atom stereocenters. The van der Waals surface area contributed by atoms with E-state index in [2.05, 4.69) is 33.4 Å². The molecule has 140 valence electrons. The third-order valence-electron chi connectivity index (χ3n) is 4.38. The van der Waals surface area contributed by atoms with Crippen LogP contribution < -0.4 is 5.32 Å². The molecule has 0 aliphatic carbocycles. The van der Waals surface area contributed by atoms with Gasteiger partial charge in [-0.1, -0.05) is 52.3 Å². The van der Waals surface area contributed by atoms with E-state index in [0.29, 0.717) is 32.8 Å². The normalized spacial score (nSPS) is 15.9. The van der Waals surface area contributed by atoms with E-state index in [9.17, 15) is 8.42 Å². The highest BCUT2D eigenvalue weighted by Gasteiger charge is 2.25. The van der Waals surface area contributed by atoms with E-state index in [0.717, 1.165) is 22.1 Å². The van der Waals surface area contributed by atoms with Crippen LogP contribution in [0.15, 0.2) is 53.0 Å². The SMILES string of the molecule is O=S(=O)(Cc1ccccc1CNCc1ccc(Br)cc1)N1CCOCC1. The van der Waals surface area contributed by atoms with Crippen LogP contribution in [0.3, 0.4) is 0 Å². The molecule has 1 saturated heterocycles. The summed E-state index contributed by atoms with van der Waals surface area (Å²) < 4.78 is 33.2. The lowest BCUT2D eigenvalue weighted by atomic mass is 10.1. The van der Waals surface area contributed by atoms with E-state index in [1.807, 2.05) is 36.4 Å². The molecule has 1 aliphatic rings. The van der Waals surface area contributed by atoms with Crippen molar-refractivity contribution in [1.82, 2.24) is 9.62 Å². The van der Waals surface area contributed by atoms with E-state index < -0.39 is 10.0 Å². The number of nitrogens with zero attached hydrogens (tertiary/aromatic N) is 1. The maximum Gasteiger partial charge on any atom is 0.218 e. The van der Waals surface area contributed by atoms with Crippen LogP contribution in [-0.2, 0) is 33.6 Å². The Hall–Kier alpha value is -1.25. The van der Waals surface area contributed by atoms with E-state index in [4.69, 9.17) is 4.74 Å². The zero-order chi connectivity index (χ0) is 18.4. The fourth-order valence-electron chi connectivity index (χ4n) is 2.93. The fourth-order valence-corrected chi connectivity index (χ4v) is 4.75. The van der Waals surface area contributed by atoms with Crippen molar-refractivity contribution in [3.63, 3.8) is 0 Å². The number of sulfonamides is 1. The molecule has 1 heterocycles. The third-order valence-corrected chi connectivity index (χ3v) is 6.73. The zero-order valence-electron chi connectivity index (χ0n) is 14.5. The van der Waals surface area contributed by atoms with Gasteiger partial charge in [0.1, 0.15) is 0 Å². The maximum absolute atomic E-state index is 12.7. The quantitative estimate of drug-likeness (QED) is 0.721. The van der Waals surface area contributed by atoms with Gasteiger partial charge >= 0.3 is 0 Å². The van der Waals surface area contributed by atoms with Crippen molar-refractivity contribution in [3.05, 3.63) is 69.7 Å². The average molecular weight is 439 g/mol. The van der Waals surface area contributed by atoms with E-state index in [-0.39, 0.29) is 5.75 Å². The van der Waals surface area contributed by atoms with Gasteiger partial charge in [0.05, 0.1) is 19.0 Å². The number of ether oxygens (including phenoxy) is 1. The second-order valence-corrected chi connectivity index (χ2v) is 9.15. The minimum Gasteiger partial charge on any atom is -0.379 e. The van der Waals surface area contributed by atoms with Crippen molar-refractivity contribution in [3.8, 4) is 0 Å². The molecule has 1 N–H and O–H groups in total. The molecule has 2 aromatic carbocycles. The molecule has 0 bridgehead atoms. The second-order valence-electron chi connectivity index (χ2n) is 6.27. The summed E-state index contributed by atoms with van der Waals surface area (Å²) >= 11 is 3.43. The predicted molar refractivity (Wildman–Crippen MR) is 106 cm³/mol. The summed E-state index contributed by atoms with van der Waals surface area (Å²) in [5.41, 5.74) is 3.05. The lowest BCUT2D eigenvalue weighted by Gasteiger charge is -2.26. The molecule has 0 spiro atoms. The van der Waals surface area contributed by atoms with Crippen molar-refractivity contribution in [2.24, 2.45) is 0 Å². The second kappa shape index (κ2) is 9.10. The maximum atomic E-state index is 12.7. The highest BCUT2D eigenvalue weighted by molar-refractivity contribution is 9.10. The Morgan fingerprint density at radius 1 is 0.962 bits per heavy atom. The molecule has 0 aromatic heterocycles. The molecule has 26 heavy (non-hydrogen) atoms. The average Bonchev–Trinajstić information content (AvgIpc) is 2.65. The minimum absolute atomic E-state index is 0.0309. The van der Waals surface area contributed by atoms with Crippen LogP contribution in [0.1, 0.15) is 16.7 Å². The van der Waals surface area contributed by atoms with E-state index >= 15 is 0 Å². The Balaban J connectivity index is 1.63. The number of nitrogens with one attached hydrogen (secondary N) is 1. The molecule has 3 rings (SSSR count). The van der Waals surface area contributed by atoms with Crippen molar-refractivity contribution in [2.45, 2.75) is 18.8 Å². The summed E-state index contributed by atoms with van der Waals surface area (Å²) in [6.07, 6.45) is 0. The first kappa shape index (κ1) is 19.5. The van der Waals surface area contributed by atoms with Crippen molar-refractivity contribution in [2.75, 3.05) is 26.3 Å². The molecule has 1 fully saturated rings. The van der Waals surface area contributed by atoms with Crippen molar-refractivity contribution >= 4 is 26.0 Å². The molecule has 0 saturated carbocycles. The third kappa shape index (κ3) is 5.37. The van der Waals surface area contributed by atoms with Crippen molar-refractivity contribution in [1.29, 1.82) is 0 Å². The summed E-state index contributed by atoms with van der Waals surface area (Å²) in [5.74, 6) is 0.0309. The largest absolute Gasteiger partial charge is 0.379 e. The van der Waals surface area contributed by atoms with Gasteiger partial charge in [-0.25, -0.2) is 8.42 Å². The van der Waals surface area contributed by atoms with Gasteiger partial charge in [0.25, 0.3) is 0 Å². The lowest BCUT2D eigenvalue weighted by molar-refractivity contribution is 0.0729. The molecule has 7 heteroatoms. The molecular formula is C19H23BrN2O3S. The molecule has 0 radical (unpaired) electrons. The van der Waals surface area contributed by atoms with Gasteiger partial charge < -0.3 is 10.1 Å². The zero-order valence-corrected chi connectivity index (χ0v) is 16.9.